The summed E-state index contributed by atoms with van der Waals surface area (Å²) in [6, 6.07) is 4.60. The van der Waals surface area contributed by atoms with Crippen LogP contribution >= 0.6 is 11.3 Å². The molecule has 0 fully saturated rings. The number of benzene rings is 1. The van der Waals surface area contributed by atoms with Gasteiger partial charge in [-0.25, -0.2) is 0 Å². The third-order valence-corrected chi connectivity index (χ3v) is 4.58. The molecule has 0 spiro atoms. The van der Waals surface area contributed by atoms with E-state index in [0.29, 0.717) is 0 Å². The van der Waals surface area contributed by atoms with E-state index in [4.69, 9.17) is 0 Å². The van der Waals surface area contributed by atoms with Gasteiger partial charge in [-0.1, -0.05) is 32.1 Å². The van der Waals surface area contributed by atoms with E-state index < -0.39 is 0 Å². The maximum atomic E-state index is 2.30. The SMILES string of the molecule is CC=C(CC)c1ccc(CC)c2c(C)csc12. The predicted molar refractivity (Wildman–Crippen MR) is 79.9 cm³/mol. The van der Waals surface area contributed by atoms with Crippen LogP contribution in [-0.4, -0.2) is 0 Å². The van der Waals surface area contributed by atoms with E-state index in [1.54, 1.807) is 0 Å². The van der Waals surface area contributed by atoms with Gasteiger partial charge in [-0.3, -0.25) is 0 Å². The van der Waals surface area contributed by atoms with Crippen LogP contribution in [0.25, 0.3) is 15.7 Å². The van der Waals surface area contributed by atoms with E-state index in [0.717, 1.165) is 12.8 Å². The van der Waals surface area contributed by atoms with Crippen LogP contribution in [0.5, 0.6) is 0 Å². The molecule has 0 nitrogen and oxygen atoms in total. The van der Waals surface area contributed by atoms with Crippen LogP contribution in [0.15, 0.2) is 23.6 Å². The van der Waals surface area contributed by atoms with Gasteiger partial charge in [-0.15, -0.1) is 11.3 Å². The summed E-state index contributed by atoms with van der Waals surface area (Å²) in [6.45, 7) is 8.83. The van der Waals surface area contributed by atoms with Crippen LogP contribution in [-0.2, 0) is 6.42 Å². The number of hydrogen-bond donors (Lipinski definition) is 0. The van der Waals surface area contributed by atoms with Crippen LogP contribution in [0.1, 0.15) is 43.9 Å². The van der Waals surface area contributed by atoms with Crippen molar-refractivity contribution in [2.75, 3.05) is 0 Å². The van der Waals surface area contributed by atoms with Crippen molar-refractivity contribution in [1.82, 2.24) is 0 Å². The zero-order valence-corrected chi connectivity index (χ0v) is 11.9. The molecule has 0 aliphatic heterocycles. The van der Waals surface area contributed by atoms with Gasteiger partial charge < -0.3 is 0 Å². The van der Waals surface area contributed by atoms with Crippen molar-refractivity contribution < 1.29 is 0 Å². The first-order valence-corrected chi connectivity index (χ1v) is 7.26. The molecule has 1 aromatic carbocycles. The number of fused-ring (bicyclic) bond motifs is 1. The molecule has 1 heterocycles. The first-order valence-electron chi connectivity index (χ1n) is 6.38. The second kappa shape index (κ2) is 5.05. The van der Waals surface area contributed by atoms with Crippen LogP contribution in [0, 0.1) is 6.92 Å². The summed E-state index contributed by atoms with van der Waals surface area (Å²) in [5.41, 5.74) is 5.80. The molecule has 0 amide bonds. The number of rotatable bonds is 3. The highest BCUT2D eigenvalue weighted by Gasteiger charge is 2.11. The Balaban J connectivity index is 2.76. The number of hydrogen-bond acceptors (Lipinski definition) is 1. The molecule has 2 aromatic rings. The summed E-state index contributed by atoms with van der Waals surface area (Å²) in [6.07, 6.45) is 4.47. The molecule has 0 atom stereocenters. The molecule has 0 saturated heterocycles. The Labute approximate surface area is 108 Å². The van der Waals surface area contributed by atoms with Gasteiger partial charge in [0.1, 0.15) is 0 Å². The summed E-state index contributed by atoms with van der Waals surface area (Å²) in [5.74, 6) is 0. The lowest BCUT2D eigenvalue weighted by Gasteiger charge is -2.09. The summed E-state index contributed by atoms with van der Waals surface area (Å²) in [5, 5.41) is 3.78. The molecule has 2 rings (SSSR count). The van der Waals surface area contributed by atoms with E-state index in [9.17, 15) is 0 Å². The van der Waals surface area contributed by atoms with E-state index in [1.807, 2.05) is 11.3 Å². The lowest BCUT2D eigenvalue weighted by molar-refractivity contribution is 1.16. The van der Waals surface area contributed by atoms with E-state index >= 15 is 0 Å². The molecule has 0 N–H and O–H groups in total. The van der Waals surface area contributed by atoms with Crippen LogP contribution in [0.4, 0.5) is 0 Å². The van der Waals surface area contributed by atoms with Crippen molar-refractivity contribution in [3.8, 4) is 0 Å². The highest BCUT2D eigenvalue weighted by atomic mass is 32.1. The van der Waals surface area contributed by atoms with Crippen LogP contribution in [0.3, 0.4) is 0 Å². The fraction of sp³-hybridized carbons (Fsp3) is 0.375. The van der Waals surface area contributed by atoms with Gasteiger partial charge >= 0.3 is 0 Å². The fourth-order valence-electron chi connectivity index (χ4n) is 2.48. The Morgan fingerprint density at radius 2 is 2.06 bits per heavy atom. The molecular weight excluding hydrogens is 224 g/mol. The van der Waals surface area contributed by atoms with Crippen molar-refractivity contribution in [1.29, 1.82) is 0 Å². The van der Waals surface area contributed by atoms with Crippen molar-refractivity contribution in [2.45, 2.75) is 40.5 Å². The van der Waals surface area contributed by atoms with E-state index in [1.165, 1.54) is 32.3 Å². The van der Waals surface area contributed by atoms with Gasteiger partial charge in [-0.2, -0.15) is 0 Å². The number of aryl methyl sites for hydroxylation is 2. The van der Waals surface area contributed by atoms with Crippen LogP contribution in [0.2, 0.25) is 0 Å². The summed E-state index contributed by atoms with van der Waals surface area (Å²) < 4.78 is 1.47. The highest BCUT2D eigenvalue weighted by molar-refractivity contribution is 7.17. The Morgan fingerprint density at radius 1 is 1.29 bits per heavy atom. The number of thiophene rings is 1. The van der Waals surface area contributed by atoms with Gasteiger partial charge in [-0.05, 0) is 59.7 Å². The molecule has 17 heavy (non-hydrogen) atoms. The number of allylic oxidation sites excluding steroid dienone is 2. The normalized spacial score (nSPS) is 12.4. The molecule has 1 aromatic heterocycles. The lowest BCUT2D eigenvalue weighted by atomic mass is 9.96. The highest BCUT2D eigenvalue weighted by Crippen LogP contribution is 2.36. The Hall–Kier alpha value is -1.08. The first kappa shape index (κ1) is 12.4. The second-order valence-corrected chi connectivity index (χ2v) is 5.30. The largest absolute Gasteiger partial charge is 0.143 e. The Bertz CT molecular complexity index is 558. The molecule has 0 saturated carbocycles. The maximum absolute atomic E-state index is 2.30. The molecule has 0 bridgehead atoms. The zero-order chi connectivity index (χ0) is 12.4. The van der Waals surface area contributed by atoms with E-state index in [-0.39, 0.29) is 0 Å². The molecule has 1 heteroatoms. The average molecular weight is 244 g/mol. The van der Waals surface area contributed by atoms with Crippen molar-refractivity contribution in [3.63, 3.8) is 0 Å². The van der Waals surface area contributed by atoms with Gasteiger partial charge in [0.2, 0.25) is 0 Å². The van der Waals surface area contributed by atoms with Gasteiger partial charge in [0.25, 0.3) is 0 Å². The third kappa shape index (κ3) is 2.04. The van der Waals surface area contributed by atoms with Crippen molar-refractivity contribution in [3.05, 3.63) is 40.3 Å². The fourth-order valence-corrected chi connectivity index (χ4v) is 3.63. The summed E-state index contributed by atoms with van der Waals surface area (Å²) in [4.78, 5) is 0. The average Bonchev–Trinajstić information content (AvgIpc) is 2.74. The monoisotopic (exact) mass is 244 g/mol. The van der Waals surface area contributed by atoms with Crippen LogP contribution < -0.4 is 0 Å². The minimum Gasteiger partial charge on any atom is -0.143 e. The Morgan fingerprint density at radius 3 is 2.65 bits per heavy atom. The molecule has 90 valence electrons. The lowest BCUT2D eigenvalue weighted by Crippen LogP contribution is -1.88. The Kier molecular flexibility index (Phi) is 3.68. The topological polar surface area (TPSA) is 0 Å². The smallest absolute Gasteiger partial charge is 0.0423 e. The quantitative estimate of drug-likeness (QED) is 0.660. The van der Waals surface area contributed by atoms with Gasteiger partial charge in [0, 0.05) is 4.70 Å². The minimum atomic E-state index is 1.11. The first-order chi connectivity index (χ1) is 8.22. The third-order valence-electron chi connectivity index (χ3n) is 3.45. The minimum absolute atomic E-state index is 1.11. The summed E-state index contributed by atoms with van der Waals surface area (Å²) >= 11 is 1.89. The molecule has 0 unspecified atom stereocenters. The molecule has 0 aliphatic rings. The van der Waals surface area contributed by atoms with Gasteiger partial charge in [0.05, 0.1) is 0 Å². The van der Waals surface area contributed by atoms with Crippen molar-refractivity contribution in [2.24, 2.45) is 0 Å². The molecule has 0 aliphatic carbocycles. The van der Waals surface area contributed by atoms with E-state index in [2.05, 4.69) is 51.3 Å². The maximum Gasteiger partial charge on any atom is 0.0423 e. The second-order valence-electron chi connectivity index (χ2n) is 4.42. The molecule has 0 radical (unpaired) electrons. The van der Waals surface area contributed by atoms with Gasteiger partial charge in [0.15, 0.2) is 0 Å². The summed E-state index contributed by atoms with van der Waals surface area (Å²) in [7, 11) is 0. The predicted octanol–water partition coefficient (Wildman–Crippen LogP) is 5.59. The molecular formula is C16H20S. The standard InChI is InChI=1S/C16H20S/c1-5-12(6-2)14-9-8-13(7-3)15-11(4)10-17-16(14)15/h5,8-10H,6-7H2,1-4H3. The van der Waals surface area contributed by atoms with Crippen molar-refractivity contribution >= 4 is 27.0 Å². The zero-order valence-electron chi connectivity index (χ0n) is 11.1.